The molecule has 1 aromatic carbocycles. The summed E-state index contributed by atoms with van der Waals surface area (Å²) in [7, 11) is -3.69. The third kappa shape index (κ3) is 6.58. The Morgan fingerprint density at radius 3 is 2.44 bits per heavy atom. The van der Waals surface area contributed by atoms with Gasteiger partial charge in [0.25, 0.3) is 0 Å². The van der Waals surface area contributed by atoms with Crippen LogP contribution in [0.4, 0.5) is 5.13 Å². The smallest absolute Gasteiger partial charge is 0.241 e. The van der Waals surface area contributed by atoms with E-state index in [0.29, 0.717) is 22.8 Å². The number of aromatic nitrogens is 1. The first-order valence-corrected chi connectivity index (χ1v) is 13.1. The van der Waals surface area contributed by atoms with Crippen LogP contribution in [0.1, 0.15) is 42.7 Å². The molecule has 10 heteroatoms. The Kier molecular flexibility index (Phi) is 8.05. The van der Waals surface area contributed by atoms with Crippen molar-refractivity contribution in [2.75, 3.05) is 25.0 Å². The Balaban J connectivity index is 1.49. The van der Waals surface area contributed by atoms with Crippen molar-refractivity contribution in [2.24, 2.45) is 0 Å². The Labute approximate surface area is 194 Å². The third-order valence-electron chi connectivity index (χ3n) is 5.20. The number of hydrogen-bond donors (Lipinski definition) is 2. The molecule has 0 spiro atoms. The molecule has 32 heavy (non-hydrogen) atoms. The second-order valence-electron chi connectivity index (χ2n) is 8.52. The molecule has 0 bridgehead atoms. The molecule has 0 radical (unpaired) electrons. The average Bonchev–Trinajstić information content (AvgIpc) is 3.06. The van der Waals surface area contributed by atoms with Crippen LogP contribution in [0.3, 0.4) is 0 Å². The largest absolute Gasteiger partial charge is 0.373 e. The molecule has 2 aromatic rings. The van der Waals surface area contributed by atoms with Crippen molar-refractivity contribution < 1.29 is 17.9 Å². The second-order valence-corrected chi connectivity index (χ2v) is 11.1. The number of amides is 1. The number of benzene rings is 1. The quantitative estimate of drug-likeness (QED) is 0.602. The summed E-state index contributed by atoms with van der Waals surface area (Å²) in [6, 6.07) is 3.68. The van der Waals surface area contributed by atoms with Crippen molar-refractivity contribution in [3.63, 3.8) is 0 Å². The predicted octanol–water partition coefficient (Wildman–Crippen LogP) is 2.98. The standard InChI is InChI=1S/C22H32N4O4S2/c1-14-8-15(2)21(16(3)9-14)32(28,29)23-7-6-20(27)25-22-24-19(13-31-22)12-26-10-17(4)30-18(5)11-26/h8-9,13,17-18,23H,6-7,10-12H2,1-5H3,(H,24,25,27)/t17-,18+. The van der Waals surface area contributed by atoms with E-state index in [9.17, 15) is 13.2 Å². The molecule has 1 aromatic heterocycles. The fraction of sp³-hybridized carbons (Fsp3) is 0.545. The zero-order valence-corrected chi connectivity index (χ0v) is 20.9. The molecule has 2 N–H and O–H groups in total. The van der Waals surface area contributed by atoms with E-state index >= 15 is 0 Å². The molecule has 0 aliphatic carbocycles. The lowest BCUT2D eigenvalue weighted by Gasteiger charge is -2.34. The second kappa shape index (κ2) is 10.4. The molecular weight excluding hydrogens is 448 g/mol. The van der Waals surface area contributed by atoms with E-state index in [1.165, 1.54) is 11.3 Å². The summed E-state index contributed by atoms with van der Waals surface area (Å²) in [5, 5.41) is 5.22. The summed E-state index contributed by atoms with van der Waals surface area (Å²) in [4.78, 5) is 19.4. The summed E-state index contributed by atoms with van der Waals surface area (Å²) < 4.78 is 33.7. The number of thiazole rings is 1. The van der Waals surface area contributed by atoms with Crippen LogP contribution in [0, 0.1) is 20.8 Å². The van der Waals surface area contributed by atoms with Crippen molar-refractivity contribution in [1.82, 2.24) is 14.6 Å². The van der Waals surface area contributed by atoms with Crippen LogP contribution in [0.25, 0.3) is 0 Å². The average molecular weight is 481 g/mol. The van der Waals surface area contributed by atoms with Crippen molar-refractivity contribution in [2.45, 2.75) is 64.7 Å². The van der Waals surface area contributed by atoms with Crippen LogP contribution < -0.4 is 10.0 Å². The Hall–Kier alpha value is -1.85. The minimum absolute atomic E-state index is 0.0166. The SMILES string of the molecule is Cc1cc(C)c(S(=O)(=O)NCCC(=O)Nc2nc(CN3C[C@@H](C)O[C@@H](C)C3)cs2)c(C)c1. The molecule has 1 saturated heterocycles. The fourth-order valence-corrected chi connectivity index (χ4v) is 6.42. The number of morpholine rings is 1. The van der Waals surface area contributed by atoms with Crippen molar-refractivity contribution in [3.8, 4) is 0 Å². The van der Waals surface area contributed by atoms with Gasteiger partial charge in [0.2, 0.25) is 15.9 Å². The highest BCUT2D eigenvalue weighted by molar-refractivity contribution is 7.89. The molecule has 2 heterocycles. The lowest BCUT2D eigenvalue weighted by atomic mass is 10.1. The van der Waals surface area contributed by atoms with E-state index in [1.807, 2.05) is 24.4 Å². The number of ether oxygens (including phenoxy) is 1. The monoisotopic (exact) mass is 480 g/mol. The number of rotatable bonds is 8. The van der Waals surface area contributed by atoms with Crippen LogP contribution >= 0.6 is 11.3 Å². The van der Waals surface area contributed by atoms with Crippen molar-refractivity contribution >= 4 is 32.4 Å². The molecule has 1 aliphatic heterocycles. The molecule has 1 aliphatic rings. The van der Waals surface area contributed by atoms with Gasteiger partial charge in [-0.1, -0.05) is 17.7 Å². The molecule has 1 amide bonds. The molecule has 3 rings (SSSR count). The van der Waals surface area contributed by atoms with E-state index in [-0.39, 0.29) is 36.0 Å². The summed E-state index contributed by atoms with van der Waals surface area (Å²) in [5.41, 5.74) is 3.30. The molecule has 8 nitrogen and oxygen atoms in total. The lowest BCUT2D eigenvalue weighted by molar-refractivity contribution is -0.116. The van der Waals surface area contributed by atoms with Gasteiger partial charge in [0.15, 0.2) is 5.13 Å². The molecule has 176 valence electrons. The summed E-state index contributed by atoms with van der Waals surface area (Å²) in [5.74, 6) is -0.278. The van der Waals surface area contributed by atoms with Gasteiger partial charge >= 0.3 is 0 Å². The summed E-state index contributed by atoms with van der Waals surface area (Å²) >= 11 is 1.37. The Morgan fingerprint density at radius 2 is 1.81 bits per heavy atom. The first-order valence-electron chi connectivity index (χ1n) is 10.7. The molecule has 0 unspecified atom stereocenters. The fourth-order valence-electron chi connectivity index (χ4n) is 4.22. The van der Waals surface area contributed by atoms with Gasteiger partial charge in [0.1, 0.15) is 0 Å². The maximum absolute atomic E-state index is 12.7. The summed E-state index contributed by atoms with van der Waals surface area (Å²) in [6.45, 7) is 12.0. The van der Waals surface area contributed by atoms with Crippen LogP contribution in [0.15, 0.2) is 22.4 Å². The first-order chi connectivity index (χ1) is 15.0. The maximum Gasteiger partial charge on any atom is 0.241 e. The predicted molar refractivity (Wildman–Crippen MR) is 126 cm³/mol. The number of nitrogens with zero attached hydrogens (tertiary/aromatic N) is 2. The Morgan fingerprint density at radius 1 is 1.19 bits per heavy atom. The van der Waals surface area contributed by atoms with Gasteiger partial charge in [-0.25, -0.2) is 18.1 Å². The third-order valence-corrected chi connectivity index (χ3v) is 7.77. The van der Waals surface area contributed by atoms with E-state index in [2.05, 4.69) is 33.8 Å². The lowest BCUT2D eigenvalue weighted by Crippen LogP contribution is -2.44. The highest BCUT2D eigenvalue weighted by Crippen LogP contribution is 2.22. The van der Waals surface area contributed by atoms with Gasteiger partial charge in [0.05, 0.1) is 22.8 Å². The van der Waals surface area contributed by atoms with Gasteiger partial charge in [-0.2, -0.15) is 0 Å². The number of aryl methyl sites for hydroxylation is 3. The van der Waals surface area contributed by atoms with Gasteiger partial charge in [0, 0.05) is 38.0 Å². The topological polar surface area (TPSA) is 101 Å². The zero-order valence-electron chi connectivity index (χ0n) is 19.3. The number of sulfonamides is 1. The van der Waals surface area contributed by atoms with E-state index in [0.717, 1.165) is 24.3 Å². The molecule has 2 atom stereocenters. The van der Waals surface area contributed by atoms with Gasteiger partial charge < -0.3 is 10.1 Å². The molecule has 0 saturated carbocycles. The van der Waals surface area contributed by atoms with E-state index in [4.69, 9.17) is 4.74 Å². The van der Waals surface area contributed by atoms with Crippen LogP contribution in [0.2, 0.25) is 0 Å². The van der Waals surface area contributed by atoms with Gasteiger partial charge in [-0.15, -0.1) is 11.3 Å². The number of carbonyl (C=O) groups is 1. The van der Waals surface area contributed by atoms with Crippen LogP contribution in [-0.4, -0.2) is 56.1 Å². The maximum atomic E-state index is 12.7. The minimum atomic E-state index is -3.69. The van der Waals surface area contributed by atoms with Crippen LogP contribution in [-0.2, 0) is 26.1 Å². The normalized spacial score (nSPS) is 19.8. The van der Waals surface area contributed by atoms with Crippen molar-refractivity contribution in [1.29, 1.82) is 0 Å². The number of carbonyl (C=O) groups excluding carboxylic acids is 1. The minimum Gasteiger partial charge on any atom is -0.373 e. The van der Waals surface area contributed by atoms with Crippen LogP contribution in [0.5, 0.6) is 0 Å². The number of nitrogens with one attached hydrogen (secondary N) is 2. The van der Waals surface area contributed by atoms with Crippen molar-refractivity contribution in [3.05, 3.63) is 39.9 Å². The van der Waals surface area contributed by atoms with Gasteiger partial charge in [-0.05, 0) is 45.7 Å². The highest BCUT2D eigenvalue weighted by Gasteiger charge is 2.23. The highest BCUT2D eigenvalue weighted by atomic mass is 32.2. The Bertz CT molecular complexity index is 1030. The number of anilines is 1. The first kappa shape index (κ1) is 24.8. The van der Waals surface area contributed by atoms with E-state index in [1.54, 1.807) is 13.8 Å². The van der Waals surface area contributed by atoms with E-state index < -0.39 is 10.0 Å². The molecular formula is C22H32N4O4S2. The number of hydrogen-bond acceptors (Lipinski definition) is 7. The molecule has 1 fully saturated rings. The summed E-state index contributed by atoms with van der Waals surface area (Å²) in [6.07, 6.45) is 0.400. The van der Waals surface area contributed by atoms with Gasteiger partial charge in [-0.3, -0.25) is 9.69 Å². The zero-order chi connectivity index (χ0) is 23.5.